The van der Waals surface area contributed by atoms with E-state index in [9.17, 15) is 10.2 Å². The Bertz CT molecular complexity index is 573. The average Bonchev–Trinajstić information content (AvgIpc) is 3.19. The van der Waals surface area contributed by atoms with Crippen LogP contribution in [0.2, 0.25) is 0 Å². The Morgan fingerprint density at radius 1 is 0.857 bits per heavy atom. The smallest absolute Gasteiger partial charge is 0.122 e. The maximum absolute atomic E-state index is 10.6. The van der Waals surface area contributed by atoms with E-state index in [1.165, 1.54) is 0 Å². The fourth-order valence-corrected chi connectivity index (χ4v) is 4.97. The number of hydrazine groups is 2. The van der Waals surface area contributed by atoms with Crippen molar-refractivity contribution in [1.29, 1.82) is 0 Å². The molecular weight excluding hydrogens is 401 g/mol. The number of aliphatic hydroxyl groups is 2. The van der Waals surface area contributed by atoms with Gasteiger partial charge in [0.1, 0.15) is 12.5 Å². The molecule has 1 aromatic carbocycles. The number of alkyl halides is 2. The minimum absolute atomic E-state index is 0.0523. The number of anilines is 1. The van der Waals surface area contributed by atoms with Crippen LogP contribution in [0.5, 0.6) is 0 Å². The third kappa shape index (κ3) is 4.57. The molecule has 9 heteroatoms. The number of nitrogens with one attached hydrogen (secondary N) is 4. The predicted octanol–water partition coefficient (Wildman–Crippen LogP) is 0.916. The zero-order valence-corrected chi connectivity index (χ0v) is 17.8. The molecule has 0 aromatic heterocycles. The summed E-state index contributed by atoms with van der Waals surface area (Å²) in [6, 6.07) is 8.44. The number of rotatable bonds is 8. The van der Waals surface area contributed by atoms with E-state index in [4.69, 9.17) is 23.2 Å². The van der Waals surface area contributed by atoms with Crippen LogP contribution in [0.25, 0.3) is 0 Å². The van der Waals surface area contributed by atoms with Gasteiger partial charge in [0.05, 0.1) is 0 Å². The molecule has 0 radical (unpaired) electrons. The Hall–Kier alpha value is -0.640. The summed E-state index contributed by atoms with van der Waals surface area (Å²) >= 11 is 11.9. The van der Waals surface area contributed by atoms with Gasteiger partial charge in [0, 0.05) is 60.4 Å². The van der Waals surface area contributed by atoms with Crippen molar-refractivity contribution in [2.24, 2.45) is 11.8 Å². The fourth-order valence-electron chi connectivity index (χ4n) is 4.56. The Morgan fingerprint density at radius 3 is 1.68 bits per heavy atom. The lowest BCUT2D eigenvalue weighted by molar-refractivity contribution is 0.0397. The van der Waals surface area contributed by atoms with Crippen LogP contribution in [0, 0.1) is 11.8 Å². The van der Waals surface area contributed by atoms with Crippen LogP contribution in [-0.4, -0.2) is 59.6 Å². The molecule has 0 bridgehead atoms. The molecule has 2 heterocycles. The molecule has 0 amide bonds. The second kappa shape index (κ2) is 9.91. The molecular formula is C19H31Cl2N5O2. The molecule has 3 rings (SSSR count). The molecule has 0 saturated carbocycles. The van der Waals surface area contributed by atoms with Crippen LogP contribution in [-0.2, 0) is 0 Å². The Morgan fingerprint density at radius 2 is 1.32 bits per heavy atom. The average molecular weight is 432 g/mol. The molecule has 6 unspecified atom stereocenters. The highest BCUT2D eigenvalue weighted by molar-refractivity contribution is 6.18. The largest absolute Gasteiger partial charge is 0.377 e. The van der Waals surface area contributed by atoms with E-state index in [1.807, 2.05) is 13.8 Å². The van der Waals surface area contributed by atoms with Crippen LogP contribution in [0.3, 0.4) is 0 Å². The van der Waals surface area contributed by atoms with Crippen molar-refractivity contribution < 1.29 is 10.2 Å². The van der Waals surface area contributed by atoms with Crippen molar-refractivity contribution in [3.8, 4) is 0 Å². The molecule has 2 fully saturated rings. The van der Waals surface area contributed by atoms with Gasteiger partial charge in [0.2, 0.25) is 0 Å². The molecule has 2 aliphatic rings. The lowest BCUT2D eigenvalue weighted by Gasteiger charge is -2.36. The zero-order valence-electron chi connectivity index (χ0n) is 16.3. The first kappa shape index (κ1) is 22.1. The first-order valence-electron chi connectivity index (χ1n) is 9.83. The van der Waals surface area contributed by atoms with Crippen molar-refractivity contribution in [1.82, 2.24) is 21.7 Å². The minimum Gasteiger partial charge on any atom is -0.377 e. The number of hydrogen-bond donors (Lipinski definition) is 6. The van der Waals surface area contributed by atoms with Gasteiger partial charge in [-0.2, -0.15) is 0 Å². The first-order chi connectivity index (χ1) is 13.5. The highest BCUT2D eigenvalue weighted by Gasteiger charge is 2.47. The van der Waals surface area contributed by atoms with Crippen LogP contribution in [0.1, 0.15) is 25.3 Å². The molecule has 158 valence electrons. The quantitative estimate of drug-likeness (QED) is 0.341. The molecule has 2 aliphatic heterocycles. The predicted molar refractivity (Wildman–Crippen MR) is 113 cm³/mol. The van der Waals surface area contributed by atoms with E-state index >= 15 is 0 Å². The molecule has 6 N–H and O–H groups in total. The Balaban J connectivity index is 1.92. The van der Waals surface area contributed by atoms with E-state index in [0.29, 0.717) is 11.8 Å². The first-order valence-corrected chi connectivity index (χ1v) is 10.9. The number of aliphatic hydroxyl groups excluding tert-OH is 2. The molecule has 0 spiro atoms. The van der Waals surface area contributed by atoms with Crippen molar-refractivity contribution in [3.05, 3.63) is 29.8 Å². The standard InChI is InChI=1S/C19H31Cl2N5O2/c1-11-15(18(27)24-22-11)17(16-12(2)23-25-19(16)28)13-3-5-14(6-4-13)26(9-7-20)10-8-21/h3-6,11-12,15-19,22-25,27-28H,7-10H2,1-2H3. The van der Waals surface area contributed by atoms with Crippen LogP contribution in [0.15, 0.2) is 24.3 Å². The van der Waals surface area contributed by atoms with Crippen molar-refractivity contribution in [2.45, 2.75) is 44.3 Å². The maximum Gasteiger partial charge on any atom is 0.122 e. The lowest BCUT2D eigenvalue weighted by atomic mass is 9.71. The van der Waals surface area contributed by atoms with Gasteiger partial charge in [-0.05, 0) is 31.5 Å². The number of hydrogen-bond acceptors (Lipinski definition) is 7. The summed E-state index contributed by atoms with van der Waals surface area (Å²) in [4.78, 5) is 2.16. The Labute approximate surface area is 176 Å². The highest BCUT2D eigenvalue weighted by atomic mass is 35.5. The summed E-state index contributed by atoms with van der Waals surface area (Å²) in [5.74, 6) is 0.845. The maximum atomic E-state index is 10.6. The van der Waals surface area contributed by atoms with E-state index in [1.54, 1.807) is 0 Å². The van der Waals surface area contributed by atoms with Crippen LogP contribution < -0.4 is 26.6 Å². The fraction of sp³-hybridized carbons (Fsp3) is 0.684. The van der Waals surface area contributed by atoms with Crippen molar-refractivity contribution >= 4 is 28.9 Å². The van der Waals surface area contributed by atoms with Gasteiger partial charge in [-0.25, -0.2) is 10.9 Å². The number of nitrogens with zero attached hydrogens (tertiary/aromatic N) is 1. The molecule has 1 aromatic rings. The van der Waals surface area contributed by atoms with Gasteiger partial charge < -0.3 is 15.1 Å². The van der Waals surface area contributed by atoms with Crippen LogP contribution >= 0.6 is 23.2 Å². The Kier molecular flexibility index (Phi) is 7.81. The van der Waals surface area contributed by atoms with Gasteiger partial charge in [0.15, 0.2) is 0 Å². The number of benzene rings is 1. The minimum atomic E-state index is -0.691. The topological polar surface area (TPSA) is 91.8 Å². The summed E-state index contributed by atoms with van der Waals surface area (Å²) in [5, 5.41) is 21.1. The van der Waals surface area contributed by atoms with E-state index in [-0.39, 0.29) is 29.8 Å². The summed E-state index contributed by atoms with van der Waals surface area (Å²) in [5.41, 5.74) is 14.3. The normalized spacial score (nSPS) is 33.9. The molecule has 28 heavy (non-hydrogen) atoms. The van der Waals surface area contributed by atoms with Gasteiger partial charge in [-0.15, -0.1) is 23.2 Å². The van der Waals surface area contributed by atoms with Crippen LogP contribution in [0.4, 0.5) is 5.69 Å². The van der Waals surface area contributed by atoms with E-state index in [2.05, 4.69) is 50.9 Å². The van der Waals surface area contributed by atoms with Crippen molar-refractivity contribution in [3.63, 3.8) is 0 Å². The molecule has 2 saturated heterocycles. The molecule has 0 aliphatic carbocycles. The monoisotopic (exact) mass is 431 g/mol. The second-order valence-electron chi connectivity index (χ2n) is 7.68. The van der Waals surface area contributed by atoms with Gasteiger partial charge in [0.25, 0.3) is 0 Å². The highest BCUT2D eigenvalue weighted by Crippen LogP contribution is 2.41. The molecule has 7 nitrogen and oxygen atoms in total. The summed E-state index contributed by atoms with van der Waals surface area (Å²) in [6.45, 7) is 5.56. The third-order valence-electron chi connectivity index (χ3n) is 5.98. The van der Waals surface area contributed by atoms with Gasteiger partial charge in [-0.3, -0.25) is 10.9 Å². The zero-order chi connectivity index (χ0) is 20.3. The summed E-state index contributed by atoms with van der Waals surface area (Å²) in [6.07, 6.45) is -1.38. The summed E-state index contributed by atoms with van der Waals surface area (Å²) in [7, 11) is 0. The number of halogens is 2. The van der Waals surface area contributed by atoms with E-state index in [0.717, 1.165) is 24.3 Å². The SMILES string of the molecule is CC1NNC(O)C1C(c1ccc(N(CCCl)CCCl)cc1)C1C(C)NNC1O. The van der Waals surface area contributed by atoms with Gasteiger partial charge >= 0.3 is 0 Å². The van der Waals surface area contributed by atoms with Gasteiger partial charge in [-0.1, -0.05) is 12.1 Å². The second-order valence-corrected chi connectivity index (χ2v) is 8.44. The summed E-state index contributed by atoms with van der Waals surface area (Å²) < 4.78 is 0. The van der Waals surface area contributed by atoms with E-state index < -0.39 is 12.5 Å². The lowest BCUT2D eigenvalue weighted by Crippen LogP contribution is -2.41. The molecule has 6 atom stereocenters. The third-order valence-corrected chi connectivity index (χ3v) is 6.32. The van der Waals surface area contributed by atoms with Crippen molar-refractivity contribution in [2.75, 3.05) is 29.7 Å².